The quantitative estimate of drug-likeness (QED) is 0.625. The highest BCUT2D eigenvalue weighted by atomic mass is 32.2. The van der Waals surface area contributed by atoms with E-state index in [1.165, 1.54) is 6.92 Å². The highest BCUT2D eigenvalue weighted by molar-refractivity contribution is 7.89. The molecule has 0 amide bonds. The SMILES string of the molecule is C[C@@H](O)CNS(=O)(=O)c1ccc(C(F)(F)F)cc1[N+](=O)[O-]. The van der Waals surface area contributed by atoms with Crippen LogP contribution in [0.15, 0.2) is 23.1 Å². The van der Waals surface area contributed by atoms with Crippen LogP contribution in [0.25, 0.3) is 0 Å². The van der Waals surface area contributed by atoms with Gasteiger partial charge >= 0.3 is 6.18 Å². The van der Waals surface area contributed by atoms with Crippen LogP contribution in [0.5, 0.6) is 0 Å². The van der Waals surface area contributed by atoms with Gasteiger partial charge in [-0.3, -0.25) is 10.1 Å². The molecule has 1 atom stereocenters. The highest BCUT2D eigenvalue weighted by Crippen LogP contribution is 2.34. The van der Waals surface area contributed by atoms with E-state index in [4.69, 9.17) is 5.11 Å². The lowest BCUT2D eigenvalue weighted by Gasteiger charge is -2.11. The predicted octanol–water partition coefficient (Wildman–Crippen LogP) is 1.27. The van der Waals surface area contributed by atoms with Crippen molar-refractivity contribution >= 4 is 15.7 Å². The largest absolute Gasteiger partial charge is 0.416 e. The van der Waals surface area contributed by atoms with Crippen molar-refractivity contribution in [1.82, 2.24) is 4.72 Å². The Bertz CT molecular complexity index is 643. The van der Waals surface area contributed by atoms with Crippen molar-refractivity contribution in [2.75, 3.05) is 6.54 Å². The van der Waals surface area contributed by atoms with Crippen LogP contribution < -0.4 is 4.72 Å². The zero-order chi connectivity index (χ0) is 16.4. The molecule has 0 fully saturated rings. The lowest BCUT2D eigenvalue weighted by atomic mass is 10.2. The number of nitro benzene ring substituents is 1. The molecule has 0 aliphatic carbocycles. The summed E-state index contributed by atoms with van der Waals surface area (Å²) in [4.78, 5) is 8.66. The maximum absolute atomic E-state index is 12.5. The van der Waals surface area contributed by atoms with E-state index >= 15 is 0 Å². The van der Waals surface area contributed by atoms with Crippen molar-refractivity contribution in [1.29, 1.82) is 0 Å². The van der Waals surface area contributed by atoms with Crippen LogP contribution in [0, 0.1) is 10.1 Å². The number of nitrogens with one attached hydrogen (secondary N) is 1. The maximum Gasteiger partial charge on any atom is 0.416 e. The molecule has 1 rings (SSSR count). The summed E-state index contributed by atoms with van der Waals surface area (Å²) in [5, 5.41) is 19.8. The molecule has 0 unspecified atom stereocenters. The molecule has 0 spiro atoms. The molecule has 11 heteroatoms. The van der Waals surface area contributed by atoms with Crippen LogP contribution in [0.4, 0.5) is 18.9 Å². The highest BCUT2D eigenvalue weighted by Gasteiger charge is 2.35. The Labute approximate surface area is 117 Å². The van der Waals surface area contributed by atoms with Gasteiger partial charge < -0.3 is 5.11 Å². The van der Waals surface area contributed by atoms with Crippen LogP contribution >= 0.6 is 0 Å². The van der Waals surface area contributed by atoms with E-state index in [0.29, 0.717) is 12.1 Å². The number of hydrogen-bond donors (Lipinski definition) is 2. The van der Waals surface area contributed by atoms with E-state index in [2.05, 4.69) is 0 Å². The number of aliphatic hydroxyl groups is 1. The van der Waals surface area contributed by atoms with Crippen molar-refractivity contribution in [2.45, 2.75) is 24.1 Å². The second-order valence-corrected chi connectivity index (χ2v) is 5.87. The van der Waals surface area contributed by atoms with Gasteiger partial charge in [0.2, 0.25) is 10.0 Å². The molecule has 0 aliphatic heterocycles. The summed E-state index contributed by atoms with van der Waals surface area (Å²) in [6.45, 7) is 0.837. The van der Waals surface area contributed by atoms with Gasteiger partial charge in [0.25, 0.3) is 5.69 Å². The molecule has 1 aromatic rings. The monoisotopic (exact) mass is 328 g/mol. The summed E-state index contributed by atoms with van der Waals surface area (Å²) in [6, 6.07) is 1.09. The third-order valence-electron chi connectivity index (χ3n) is 2.34. The molecule has 1 aromatic carbocycles. The smallest absolute Gasteiger partial charge is 0.392 e. The zero-order valence-electron chi connectivity index (χ0n) is 10.6. The normalized spacial score (nSPS) is 14.0. The first-order chi connectivity index (χ1) is 9.45. The number of hydrogen-bond acceptors (Lipinski definition) is 5. The Morgan fingerprint density at radius 3 is 2.43 bits per heavy atom. The third kappa shape index (κ3) is 4.37. The molecular weight excluding hydrogens is 317 g/mol. The van der Waals surface area contributed by atoms with Gasteiger partial charge in [-0.2, -0.15) is 13.2 Å². The minimum absolute atomic E-state index is 0.150. The van der Waals surface area contributed by atoms with Gasteiger partial charge in [0.05, 0.1) is 16.6 Å². The van der Waals surface area contributed by atoms with Crippen LogP contribution in [-0.4, -0.2) is 31.1 Å². The average molecular weight is 328 g/mol. The van der Waals surface area contributed by atoms with Gasteiger partial charge in [0, 0.05) is 12.6 Å². The summed E-state index contributed by atoms with van der Waals surface area (Å²) < 4.78 is 63.0. The van der Waals surface area contributed by atoms with Crippen LogP contribution in [0.3, 0.4) is 0 Å². The maximum atomic E-state index is 12.5. The number of sulfonamides is 1. The first-order valence-electron chi connectivity index (χ1n) is 5.48. The fourth-order valence-electron chi connectivity index (χ4n) is 1.37. The Hall–Kier alpha value is -1.72. The summed E-state index contributed by atoms with van der Waals surface area (Å²) >= 11 is 0. The molecule has 0 bridgehead atoms. The number of aliphatic hydroxyl groups excluding tert-OH is 1. The Morgan fingerprint density at radius 1 is 1.43 bits per heavy atom. The van der Waals surface area contributed by atoms with Crippen LogP contribution in [0.2, 0.25) is 0 Å². The molecule has 0 saturated carbocycles. The number of halogens is 3. The molecule has 0 aliphatic rings. The molecule has 118 valence electrons. The van der Waals surface area contributed by atoms with Crippen molar-refractivity contribution in [3.63, 3.8) is 0 Å². The molecule has 7 nitrogen and oxygen atoms in total. The molecule has 2 N–H and O–H groups in total. The topological polar surface area (TPSA) is 110 Å². The summed E-state index contributed by atoms with van der Waals surface area (Å²) in [7, 11) is -4.41. The second kappa shape index (κ2) is 5.95. The zero-order valence-corrected chi connectivity index (χ0v) is 11.4. The van der Waals surface area contributed by atoms with E-state index < -0.39 is 49.9 Å². The van der Waals surface area contributed by atoms with Gasteiger partial charge in [0.1, 0.15) is 0 Å². The molecule has 0 saturated heterocycles. The van der Waals surface area contributed by atoms with Gasteiger partial charge in [-0.15, -0.1) is 0 Å². The van der Waals surface area contributed by atoms with Gasteiger partial charge in [-0.25, -0.2) is 13.1 Å². The van der Waals surface area contributed by atoms with E-state index in [1.807, 2.05) is 4.72 Å². The Morgan fingerprint density at radius 2 is 2.00 bits per heavy atom. The third-order valence-corrected chi connectivity index (χ3v) is 3.81. The second-order valence-electron chi connectivity index (χ2n) is 4.14. The number of alkyl halides is 3. The minimum Gasteiger partial charge on any atom is -0.392 e. The van der Waals surface area contributed by atoms with Crippen molar-refractivity contribution in [3.8, 4) is 0 Å². The number of benzene rings is 1. The summed E-state index contributed by atoms with van der Waals surface area (Å²) in [5.41, 5.74) is -2.52. The Balaban J connectivity index is 3.34. The van der Waals surface area contributed by atoms with E-state index in [0.717, 1.165) is 0 Å². The average Bonchev–Trinajstić information content (AvgIpc) is 2.34. The Kier molecular flexibility index (Phi) is 4.91. The molecule has 0 radical (unpaired) electrons. The van der Waals surface area contributed by atoms with E-state index in [9.17, 15) is 31.7 Å². The molecule has 0 heterocycles. The number of nitro groups is 1. The van der Waals surface area contributed by atoms with Crippen LogP contribution in [-0.2, 0) is 16.2 Å². The lowest BCUT2D eigenvalue weighted by molar-refractivity contribution is -0.388. The fraction of sp³-hybridized carbons (Fsp3) is 0.400. The first kappa shape index (κ1) is 17.3. The van der Waals surface area contributed by atoms with Crippen LogP contribution in [0.1, 0.15) is 12.5 Å². The minimum atomic E-state index is -4.83. The predicted molar refractivity (Wildman–Crippen MR) is 65.0 cm³/mol. The first-order valence-corrected chi connectivity index (χ1v) is 6.97. The lowest BCUT2D eigenvalue weighted by Crippen LogP contribution is -2.31. The molecule has 0 aromatic heterocycles. The van der Waals surface area contributed by atoms with Gasteiger partial charge in [-0.05, 0) is 19.1 Å². The van der Waals surface area contributed by atoms with E-state index in [-0.39, 0.29) is 6.07 Å². The number of rotatable bonds is 5. The van der Waals surface area contributed by atoms with Gasteiger partial charge in [0.15, 0.2) is 4.90 Å². The van der Waals surface area contributed by atoms with Gasteiger partial charge in [-0.1, -0.05) is 0 Å². The number of nitrogens with zero attached hydrogens (tertiary/aromatic N) is 1. The summed E-state index contributed by atoms with van der Waals surface area (Å²) in [5.74, 6) is 0. The van der Waals surface area contributed by atoms with E-state index in [1.54, 1.807) is 0 Å². The molecular formula is C10H11F3N2O5S. The van der Waals surface area contributed by atoms with Crippen molar-refractivity contribution < 1.29 is 31.6 Å². The van der Waals surface area contributed by atoms with Crippen molar-refractivity contribution in [3.05, 3.63) is 33.9 Å². The molecule has 21 heavy (non-hydrogen) atoms. The van der Waals surface area contributed by atoms with Crippen molar-refractivity contribution in [2.24, 2.45) is 0 Å². The fourth-order valence-corrected chi connectivity index (χ4v) is 2.64. The standard InChI is InChI=1S/C10H11F3N2O5S/c1-6(16)5-14-21(19,20)9-3-2-7(10(11,12)13)4-8(9)15(17)18/h2-4,6,14,16H,5H2,1H3/t6-/m1/s1. The summed E-state index contributed by atoms with van der Waals surface area (Å²) in [6.07, 6.45) is -5.90.